The van der Waals surface area contributed by atoms with Gasteiger partial charge in [-0.15, -0.1) is 0 Å². The number of nitrogens with zero attached hydrogens (tertiary/aromatic N) is 2. The van der Waals surface area contributed by atoms with Crippen molar-refractivity contribution in [2.75, 3.05) is 0 Å². The van der Waals surface area contributed by atoms with Crippen molar-refractivity contribution in [1.29, 1.82) is 0 Å². The fraction of sp³-hybridized carbons (Fsp3) is 0.357. The maximum Gasteiger partial charge on any atom is 0.123 e. The zero-order valence-corrected chi connectivity index (χ0v) is 10.9. The number of aromatic nitrogens is 2. The van der Waals surface area contributed by atoms with Crippen LogP contribution in [0.25, 0.3) is 0 Å². The van der Waals surface area contributed by atoms with Crippen molar-refractivity contribution in [3.63, 3.8) is 0 Å². The van der Waals surface area contributed by atoms with Gasteiger partial charge in [0.15, 0.2) is 0 Å². The number of hydrogen-bond acceptors (Lipinski definition) is 2. The molecule has 4 heteroatoms. The molecule has 1 unspecified atom stereocenters. The number of aryl methyl sites for hydroxylation is 1. The van der Waals surface area contributed by atoms with Crippen LogP contribution < -0.4 is 5.32 Å². The van der Waals surface area contributed by atoms with E-state index in [2.05, 4.69) is 17.3 Å². The largest absolute Gasteiger partial charge is 0.304 e. The lowest BCUT2D eigenvalue weighted by Crippen LogP contribution is -2.22. The van der Waals surface area contributed by atoms with Crippen molar-refractivity contribution in [1.82, 2.24) is 15.1 Å². The van der Waals surface area contributed by atoms with E-state index in [-0.39, 0.29) is 17.9 Å². The molecule has 2 aromatic rings. The van der Waals surface area contributed by atoms with Gasteiger partial charge in [-0.3, -0.25) is 4.68 Å². The van der Waals surface area contributed by atoms with E-state index in [4.69, 9.17) is 0 Å². The van der Waals surface area contributed by atoms with Crippen LogP contribution in [0.3, 0.4) is 0 Å². The highest BCUT2D eigenvalue weighted by molar-refractivity contribution is 5.20. The Hall–Kier alpha value is -1.68. The highest BCUT2D eigenvalue weighted by Crippen LogP contribution is 2.19. The average Bonchev–Trinajstić information content (AvgIpc) is 2.76. The Morgan fingerprint density at radius 3 is 2.56 bits per heavy atom. The molecule has 1 N–H and O–H groups in total. The van der Waals surface area contributed by atoms with Crippen molar-refractivity contribution in [3.8, 4) is 0 Å². The second kappa shape index (κ2) is 5.31. The molecule has 2 rings (SSSR count). The van der Waals surface area contributed by atoms with Gasteiger partial charge in [-0.05, 0) is 31.5 Å². The standard InChI is InChI=1S/C14H18FN3/c1-10(12-5-4-6-14(15)7-12)17-11(2)13-8-16-18(3)9-13/h4-11,17H,1-3H3/t10-,11?/m1/s1. The lowest BCUT2D eigenvalue weighted by Gasteiger charge is -2.19. The van der Waals surface area contributed by atoms with Gasteiger partial charge in [-0.25, -0.2) is 4.39 Å². The molecule has 0 spiro atoms. The first-order valence-electron chi connectivity index (χ1n) is 6.06. The summed E-state index contributed by atoms with van der Waals surface area (Å²) in [5, 5.41) is 7.58. The predicted molar refractivity (Wildman–Crippen MR) is 69.6 cm³/mol. The van der Waals surface area contributed by atoms with Crippen molar-refractivity contribution in [2.45, 2.75) is 25.9 Å². The summed E-state index contributed by atoms with van der Waals surface area (Å²) in [6, 6.07) is 6.95. The maximum absolute atomic E-state index is 13.2. The Bertz CT molecular complexity index is 521. The monoisotopic (exact) mass is 247 g/mol. The van der Waals surface area contributed by atoms with Gasteiger partial charge in [-0.1, -0.05) is 12.1 Å². The third kappa shape index (κ3) is 2.96. The summed E-state index contributed by atoms with van der Waals surface area (Å²) < 4.78 is 14.9. The highest BCUT2D eigenvalue weighted by atomic mass is 19.1. The fourth-order valence-corrected chi connectivity index (χ4v) is 2.01. The van der Waals surface area contributed by atoms with Crippen LogP contribution in [0.15, 0.2) is 36.7 Å². The van der Waals surface area contributed by atoms with E-state index in [0.29, 0.717) is 0 Å². The average molecular weight is 247 g/mol. The van der Waals surface area contributed by atoms with Crippen LogP contribution in [0.5, 0.6) is 0 Å². The maximum atomic E-state index is 13.2. The minimum atomic E-state index is -0.199. The molecule has 96 valence electrons. The van der Waals surface area contributed by atoms with Crippen LogP contribution in [0.2, 0.25) is 0 Å². The molecule has 0 aliphatic rings. The van der Waals surface area contributed by atoms with E-state index >= 15 is 0 Å². The SMILES string of the molecule is CC(N[C@H](C)c1cccc(F)c1)c1cnn(C)c1. The van der Waals surface area contributed by atoms with E-state index in [9.17, 15) is 4.39 Å². The van der Waals surface area contributed by atoms with Gasteiger partial charge in [0, 0.05) is 30.9 Å². The van der Waals surface area contributed by atoms with E-state index in [1.54, 1.807) is 16.8 Å². The Morgan fingerprint density at radius 2 is 1.94 bits per heavy atom. The van der Waals surface area contributed by atoms with Crippen LogP contribution in [0.4, 0.5) is 4.39 Å². The first-order valence-corrected chi connectivity index (χ1v) is 6.06. The van der Waals surface area contributed by atoms with Gasteiger partial charge >= 0.3 is 0 Å². The van der Waals surface area contributed by atoms with Crippen molar-refractivity contribution < 1.29 is 4.39 Å². The Morgan fingerprint density at radius 1 is 1.22 bits per heavy atom. The smallest absolute Gasteiger partial charge is 0.123 e. The zero-order valence-electron chi connectivity index (χ0n) is 10.9. The Labute approximate surface area is 107 Å². The number of benzene rings is 1. The van der Waals surface area contributed by atoms with E-state index in [0.717, 1.165) is 11.1 Å². The molecule has 0 saturated carbocycles. The minimum absolute atomic E-state index is 0.0934. The highest BCUT2D eigenvalue weighted by Gasteiger charge is 2.12. The molecule has 0 radical (unpaired) electrons. The fourth-order valence-electron chi connectivity index (χ4n) is 2.01. The summed E-state index contributed by atoms with van der Waals surface area (Å²) in [7, 11) is 1.90. The normalized spacial score (nSPS) is 14.4. The van der Waals surface area contributed by atoms with Gasteiger partial charge in [0.05, 0.1) is 6.20 Å². The lowest BCUT2D eigenvalue weighted by atomic mass is 10.1. The third-order valence-corrected chi connectivity index (χ3v) is 3.07. The Balaban J connectivity index is 2.05. The van der Waals surface area contributed by atoms with Crippen molar-refractivity contribution in [3.05, 3.63) is 53.6 Å². The summed E-state index contributed by atoms with van der Waals surface area (Å²) in [4.78, 5) is 0. The van der Waals surface area contributed by atoms with Crippen LogP contribution >= 0.6 is 0 Å². The second-order valence-corrected chi connectivity index (χ2v) is 4.61. The van der Waals surface area contributed by atoms with Crippen LogP contribution in [0.1, 0.15) is 37.1 Å². The number of nitrogens with one attached hydrogen (secondary N) is 1. The molecule has 1 heterocycles. The molecule has 0 aliphatic carbocycles. The number of rotatable bonds is 4. The van der Waals surface area contributed by atoms with Crippen molar-refractivity contribution >= 4 is 0 Å². The minimum Gasteiger partial charge on any atom is -0.304 e. The van der Waals surface area contributed by atoms with Gasteiger partial charge in [-0.2, -0.15) is 5.10 Å². The van der Waals surface area contributed by atoms with Crippen molar-refractivity contribution in [2.24, 2.45) is 7.05 Å². The summed E-state index contributed by atoms with van der Waals surface area (Å²) in [5.74, 6) is -0.199. The second-order valence-electron chi connectivity index (χ2n) is 4.61. The third-order valence-electron chi connectivity index (χ3n) is 3.07. The molecule has 0 aliphatic heterocycles. The van der Waals surface area contributed by atoms with Crippen LogP contribution in [-0.2, 0) is 7.05 Å². The quantitative estimate of drug-likeness (QED) is 0.900. The summed E-state index contributed by atoms with van der Waals surface area (Å²) in [5.41, 5.74) is 2.08. The topological polar surface area (TPSA) is 29.9 Å². The molecule has 2 atom stereocenters. The summed E-state index contributed by atoms with van der Waals surface area (Å²) in [6.07, 6.45) is 3.83. The summed E-state index contributed by atoms with van der Waals surface area (Å²) in [6.45, 7) is 4.11. The first-order chi connectivity index (χ1) is 8.56. The number of hydrogen-bond donors (Lipinski definition) is 1. The summed E-state index contributed by atoms with van der Waals surface area (Å²) >= 11 is 0. The molecule has 0 amide bonds. The van der Waals surface area contributed by atoms with Gasteiger partial charge in [0.25, 0.3) is 0 Å². The number of halogens is 1. The molecule has 3 nitrogen and oxygen atoms in total. The molecule has 0 bridgehead atoms. The lowest BCUT2D eigenvalue weighted by molar-refractivity contribution is 0.491. The van der Waals surface area contributed by atoms with Crippen LogP contribution in [-0.4, -0.2) is 9.78 Å². The molecule has 0 saturated heterocycles. The van der Waals surface area contributed by atoms with E-state index < -0.39 is 0 Å². The van der Waals surface area contributed by atoms with Gasteiger partial charge in [0.2, 0.25) is 0 Å². The molecule has 1 aromatic carbocycles. The van der Waals surface area contributed by atoms with Crippen LogP contribution in [0, 0.1) is 5.82 Å². The van der Waals surface area contributed by atoms with Gasteiger partial charge in [0.1, 0.15) is 5.82 Å². The first kappa shape index (κ1) is 12.8. The Kier molecular flexibility index (Phi) is 3.77. The molecule has 0 fully saturated rings. The molecular weight excluding hydrogens is 229 g/mol. The molecular formula is C14H18FN3. The molecule has 1 aromatic heterocycles. The van der Waals surface area contributed by atoms with E-state index in [1.807, 2.05) is 32.4 Å². The predicted octanol–water partition coefficient (Wildman–Crippen LogP) is 2.97. The van der Waals surface area contributed by atoms with Gasteiger partial charge < -0.3 is 5.32 Å². The van der Waals surface area contributed by atoms with E-state index in [1.165, 1.54) is 6.07 Å². The zero-order chi connectivity index (χ0) is 13.1. The molecule has 18 heavy (non-hydrogen) atoms.